The highest BCUT2D eigenvalue weighted by Crippen LogP contribution is 2.44. The van der Waals surface area contributed by atoms with Gasteiger partial charge in [-0.1, -0.05) is 0 Å². The van der Waals surface area contributed by atoms with Gasteiger partial charge in [0.25, 0.3) is 0 Å². The number of carbonyl (C=O) groups excluding carboxylic acids is 1. The predicted molar refractivity (Wildman–Crippen MR) is 82.0 cm³/mol. The maximum Gasteiger partial charge on any atom is 0.220 e. The Bertz CT molecular complexity index is 677. The number of benzene rings is 1. The Balaban J connectivity index is 1.49. The Morgan fingerprint density at radius 3 is 2.74 bits per heavy atom. The number of hydrogen-bond acceptors (Lipinski definition) is 4. The normalized spacial score (nSPS) is 15.4. The molecule has 0 aliphatic heterocycles. The zero-order valence-electron chi connectivity index (χ0n) is 12.7. The van der Waals surface area contributed by atoms with E-state index in [9.17, 15) is 14.3 Å². The Hall–Kier alpha value is -2.21. The molecule has 1 aliphatic carbocycles. The van der Waals surface area contributed by atoms with Gasteiger partial charge < -0.3 is 14.8 Å². The number of rotatable bonds is 7. The van der Waals surface area contributed by atoms with Crippen LogP contribution in [0.1, 0.15) is 25.2 Å². The van der Waals surface area contributed by atoms with Gasteiger partial charge in [0, 0.05) is 30.4 Å². The summed E-state index contributed by atoms with van der Waals surface area (Å²) in [5, 5.41) is 12.0. The van der Waals surface area contributed by atoms with Crippen molar-refractivity contribution in [2.45, 2.75) is 25.7 Å². The van der Waals surface area contributed by atoms with Crippen molar-refractivity contribution < 1.29 is 18.7 Å². The lowest BCUT2D eigenvalue weighted by Gasteiger charge is -2.12. The zero-order chi connectivity index (χ0) is 16.3. The summed E-state index contributed by atoms with van der Waals surface area (Å²) in [5.74, 6) is 0.646. The molecule has 2 aromatic rings. The van der Waals surface area contributed by atoms with Gasteiger partial charge in [-0.2, -0.15) is 0 Å². The highest BCUT2D eigenvalue weighted by Gasteiger charge is 2.41. The Kier molecular flexibility index (Phi) is 4.43. The second-order valence-corrected chi connectivity index (χ2v) is 6.06. The molecule has 1 heterocycles. The number of oxazole rings is 1. The van der Waals surface area contributed by atoms with Gasteiger partial charge in [-0.05, 0) is 37.1 Å². The van der Waals surface area contributed by atoms with E-state index in [4.69, 9.17) is 4.42 Å². The molecule has 23 heavy (non-hydrogen) atoms. The van der Waals surface area contributed by atoms with Gasteiger partial charge in [0.1, 0.15) is 5.82 Å². The summed E-state index contributed by atoms with van der Waals surface area (Å²) in [7, 11) is 0. The number of aliphatic hydroxyl groups is 1. The van der Waals surface area contributed by atoms with Crippen LogP contribution in [0.2, 0.25) is 0 Å². The quantitative estimate of drug-likeness (QED) is 0.821. The minimum Gasteiger partial charge on any atom is -0.441 e. The molecule has 1 aliphatic rings. The Labute approximate surface area is 133 Å². The smallest absolute Gasteiger partial charge is 0.220 e. The highest BCUT2D eigenvalue weighted by atomic mass is 19.1. The molecule has 3 rings (SSSR count). The predicted octanol–water partition coefficient (Wildman–Crippen LogP) is 2.30. The summed E-state index contributed by atoms with van der Waals surface area (Å²) < 4.78 is 18.5. The molecule has 0 atom stereocenters. The SMILES string of the molecule is O=C(CCc1ncc(-c2ccc(F)cc2)o1)NCC1(CO)CC1. The van der Waals surface area contributed by atoms with Crippen LogP contribution < -0.4 is 5.32 Å². The minimum absolute atomic E-state index is 0.0775. The van der Waals surface area contributed by atoms with Crippen LogP contribution in [0.4, 0.5) is 4.39 Å². The molecular formula is C17H19FN2O3. The van der Waals surface area contributed by atoms with Crippen molar-refractivity contribution in [3.63, 3.8) is 0 Å². The average molecular weight is 318 g/mol. The average Bonchev–Trinajstić information content (AvgIpc) is 3.20. The summed E-state index contributed by atoms with van der Waals surface area (Å²) in [4.78, 5) is 16.0. The number of aromatic nitrogens is 1. The molecule has 0 saturated heterocycles. The van der Waals surface area contributed by atoms with Gasteiger partial charge in [-0.15, -0.1) is 0 Å². The fraction of sp³-hybridized carbons (Fsp3) is 0.412. The molecule has 5 nitrogen and oxygen atoms in total. The van der Waals surface area contributed by atoms with Gasteiger partial charge >= 0.3 is 0 Å². The van der Waals surface area contributed by atoms with E-state index in [-0.39, 0.29) is 30.2 Å². The third kappa shape index (κ3) is 3.96. The molecule has 2 N–H and O–H groups in total. The number of amides is 1. The standard InChI is InChI=1S/C17H19FN2O3/c18-13-3-1-12(2-4-13)14-9-19-16(23-14)6-5-15(22)20-10-17(11-21)7-8-17/h1-4,9,21H,5-8,10-11H2,(H,20,22). The number of aryl methyl sites for hydroxylation is 1. The summed E-state index contributed by atoms with van der Waals surface area (Å²) in [5.41, 5.74) is 0.655. The molecule has 0 spiro atoms. The van der Waals surface area contributed by atoms with Crippen LogP contribution in [0.3, 0.4) is 0 Å². The van der Waals surface area contributed by atoms with Crippen molar-refractivity contribution in [1.82, 2.24) is 10.3 Å². The first kappa shape index (κ1) is 15.7. The van der Waals surface area contributed by atoms with Crippen LogP contribution in [-0.4, -0.2) is 29.1 Å². The van der Waals surface area contributed by atoms with E-state index in [0.717, 1.165) is 18.4 Å². The van der Waals surface area contributed by atoms with Gasteiger partial charge in [-0.3, -0.25) is 4.79 Å². The summed E-state index contributed by atoms with van der Waals surface area (Å²) >= 11 is 0. The third-order valence-electron chi connectivity index (χ3n) is 4.20. The summed E-state index contributed by atoms with van der Waals surface area (Å²) in [6.45, 7) is 0.642. The second-order valence-electron chi connectivity index (χ2n) is 6.06. The number of nitrogens with zero attached hydrogens (tertiary/aromatic N) is 1. The number of halogens is 1. The molecule has 0 radical (unpaired) electrons. The van der Waals surface area contributed by atoms with Crippen molar-refractivity contribution in [3.8, 4) is 11.3 Å². The molecule has 6 heteroatoms. The van der Waals surface area contributed by atoms with Crippen LogP contribution in [0.15, 0.2) is 34.9 Å². The molecule has 1 fully saturated rings. The molecule has 122 valence electrons. The van der Waals surface area contributed by atoms with E-state index < -0.39 is 0 Å². The minimum atomic E-state index is -0.304. The number of carbonyl (C=O) groups is 1. The van der Waals surface area contributed by atoms with Gasteiger partial charge in [0.15, 0.2) is 11.7 Å². The lowest BCUT2D eigenvalue weighted by Crippen LogP contribution is -2.31. The maximum atomic E-state index is 12.9. The molecule has 1 amide bonds. The van der Waals surface area contributed by atoms with E-state index in [1.807, 2.05) is 0 Å². The van der Waals surface area contributed by atoms with Crippen molar-refractivity contribution in [1.29, 1.82) is 0 Å². The lowest BCUT2D eigenvalue weighted by molar-refractivity contribution is -0.121. The first-order valence-electron chi connectivity index (χ1n) is 7.68. The monoisotopic (exact) mass is 318 g/mol. The molecule has 1 saturated carbocycles. The van der Waals surface area contributed by atoms with Crippen LogP contribution in [-0.2, 0) is 11.2 Å². The first-order valence-corrected chi connectivity index (χ1v) is 7.68. The molecule has 1 aromatic carbocycles. The highest BCUT2D eigenvalue weighted by molar-refractivity contribution is 5.76. The van der Waals surface area contributed by atoms with Gasteiger partial charge in [0.05, 0.1) is 12.8 Å². The van der Waals surface area contributed by atoms with Gasteiger partial charge in [-0.25, -0.2) is 9.37 Å². The number of aliphatic hydroxyl groups excluding tert-OH is 1. The van der Waals surface area contributed by atoms with E-state index >= 15 is 0 Å². The van der Waals surface area contributed by atoms with Crippen LogP contribution in [0.25, 0.3) is 11.3 Å². The fourth-order valence-corrected chi connectivity index (χ4v) is 2.34. The van der Waals surface area contributed by atoms with E-state index in [1.54, 1.807) is 18.3 Å². The summed E-state index contributed by atoms with van der Waals surface area (Å²) in [6, 6.07) is 5.96. The molecule has 0 unspecified atom stereocenters. The van der Waals surface area contributed by atoms with E-state index in [0.29, 0.717) is 24.6 Å². The second kappa shape index (κ2) is 6.50. The topological polar surface area (TPSA) is 75.4 Å². The Morgan fingerprint density at radius 1 is 1.35 bits per heavy atom. The maximum absolute atomic E-state index is 12.9. The van der Waals surface area contributed by atoms with E-state index in [2.05, 4.69) is 10.3 Å². The van der Waals surface area contributed by atoms with Crippen LogP contribution >= 0.6 is 0 Å². The summed E-state index contributed by atoms with van der Waals surface area (Å²) in [6.07, 6.45) is 4.19. The molecule has 1 aromatic heterocycles. The number of nitrogens with one attached hydrogen (secondary N) is 1. The fourth-order valence-electron chi connectivity index (χ4n) is 2.34. The molecule has 0 bridgehead atoms. The number of hydrogen-bond donors (Lipinski definition) is 2. The first-order chi connectivity index (χ1) is 11.1. The van der Waals surface area contributed by atoms with Crippen molar-refractivity contribution in [2.75, 3.05) is 13.2 Å². The van der Waals surface area contributed by atoms with Crippen molar-refractivity contribution in [2.24, 2.45) is 5.41 Å². The van der Waals surface area contributed by atoms with Crippen LogP contribution in [0.5, 0.6) is 0 Å². The van der Waals surface area contributed by atoms with Crippen molar-refractivity contribution in [3.05, 3.63) is 42.2 Å². The van der Waals surface area contributed by atoms with E-state index in [1.165, 1.54) is 12.1 Å². The Morgan fingerprint density at radius 2 is 2.09 bits per heavy atom. The zero-order valence-corrected chi connectivity index (χ0v) is 12.7. The molecular weight excluding hydrogens is 299 g/mol. The van der Waals surface area contributed by atoms with Crippen molar-refractivity contribution >= 4 is 5.91 Å². The van der Waals surface area contributed by atoms with Gasteiger partial charge in [0.2, 0.25) is 5.91 Å². The van der Waals surface area contributed by atoms with Crippen LogP contribution in [0, 0.1) is 11.2 Å². The third-order valence-corrected chi connectivity index (χ3v) is 4.20. The largest absolute Gasteiger partial charge is 0.441 e. The lowest BCUT2D eigenvalue weighted by atomic mass is 10.1.